The van der Waals surface area contributed by atoms with E-state index >= 15 is 0 Å². The van der Waals surface area contributed by atoms with Gasteiger partial charge < -0.3 is 15.8 Å². The number of hydrogen-bond acceptors (Lipinski definition) is 3. The summed E-state index contributed by atoms with van der Waals surface area (Å²) in [6.07, 6.45) is 8.77. The molecule has 4 nitrogen and oxygen atoms in total. The zero-order valence-electron chi connectivity index (χ0n) is 15.5. The largest absolute Gasteiger partial charge is 0.487 e. The molecule has 0 aromatic heterocycles. The van der Waals surface area contributed by atoms with Crippen LogP contribution in [0.15, 0.2) is 36.2 Å². The molecule has 4 saturated carbocycles. The molecule has 4 fully saturated rings. The van der Waals surface area contributed by atoms with E-state index in [9.17, 15) is 9.18 Å². The van der Waals surface area contributed by atoms with Crippen LogP contribution in [-0.2, 0) is 0 Å². The Morgan fingerprint density at radius 2 is 1.70 bits per heavy atom. The zero-order valence-corrected chi connectivity index (χ0v) is 16.3. The predicted octanol–water partition coefficient (Wildman–Crippen LogP) is 4.00. The number of ether oxygens (including phenoxy) is 1. The molecule has 5 rings (SSSR count). The quantitative estimate of drug-likeness (QED) is 0.766. The summed E-state index contributed by atoms with van der Waals surface area (Å²) in [7, 11) is 0. The summed E-state index contributed by atoms with van der Waals surface area (Å²) in [5.41, 5.74) is 5.90. The first-order valence-electron chi connectivity index (χ1n) is 9.65. The number of halogens is 2. The fourth-order valence-corrected chi connectivity index (χ4v) is 5.62. The van der Waals surface area contributed by atoms with E-state index in [4.69, 9.17) is 10.5 Å². The smallest absolute Gasteiger partial charge is 0.251 e. The van der Waals surface area contributed by atoms with Crippen LogP contribution in [0.4, 0.5) is 4.39 Å². The third kappa shape index (κ3) is 4.46. The number of hydrogen-bond donors (Lipinski definition) is 2. The van der Waals surface area contributed by atoms with Gasteiger partial charge in [-0.1, -0.05) is 0 Å². The molecule has 4 aliphatic carbocycles. The van der Waals surface area contributed by atoms with E-state index in [1.54, 1.807) is 24.3 Å². The number of amides is 1. The maximum Gasteiger partial charge on any atom is 0.251 e. The summed E-state index contributed by atoms with van der Waals surface area (Å²) in [5.74, 6) is 2.54. The van der Waals surface area contributed by atoms with Crippen molar-refractivity contribution in [2.24, 2.45) is 23.5 Å². The SMILES string of the molecule is Cl.NC/C=C(\F)COc1ccc(C(=O)NC23CC4CC(CC(C4)C2)C3)cc1. The summed E-state index contributed by atoms with van der Waals surface area (Å²) in [4.78, 5) is 12.8. The van der Waals surface area contributed by atoms with Gasteiger partial charge in [0, 0.05) is 17.6 Å². The van der Waals surface area contributed by atoms with Crippen molar-refractivity contribution in [1.82, 2.24) is 5.32 Å². The van der Waals surface area contributed by atoms with Crippen molar-refractivity contribution in [2.45, 2.75) is 44.1 Å². The third-order valence-electron chi connectivity index (χ3n) is 6.25. The standard InChI is InChI=1S/C21H27FN2O2.ClH/c22-18(5-6-23)13-26-19-3-1-17(2-4-19)20(25)24-21-10-14-7-15(11-21)9-16(8-14)12-21;/h1-5,14-16H,6-13,23H2,(H,24,25);1H/b18-5-;. The van der Waals surface area contributed by atoms with Crippen LogP contribution >= 0.6 is 12.4 Å². The van der Waals surface area contributed by atoms with E-state index in [2.05, 4.69) is 5.32 Å². The number of nitrogens with one attached hydrogen (secondary N) is 1. The Kier molecular flexibility index (Phi) is 6.11. The second kappa shape index (κ2) is 8.19. The fourth-order valence-electron chi connectivity index (χ4n) is 5.62. The highest BCUT2D eigenvalue weighted by Crippen LogP contribution is 2.55. The monoisotopic (exact) mass is 394 g/mol. The molecule has 27 heavy (non-hydrogen) atoms. The zero-order chi connectivity index (χ0) is 18.1. The van der Waals surface area contributed by atoms with Crippen molar-refractivity contribution < 1.29 is 13.9 Å². The first-order valence-corrected chi connectivity index (χ1v) is 9.65. The molecule has 0 unspecified atom stereocenters. The van der Waals surface area contributed by atoms with E-state index in [0.29, 0.717) is 11.3 Å². The van der Waals surface area contributed by atoms with Gasteiger partial charge in [-0.3, -0.25) is 4.79 Å². The number of rotatable bonds is 6. The summed E-state index contributed by atoms with van der Waals surface area (Å²) in [6.45, 7) is 0.00857. The molecule has 0 heterocycles. The minimum atomic E-state index is -0.392. The Morgan fingerprint density at radius 1 is 1.15 bits per heavy atom. The lowest BCUT2D eigenvalue weighted by Gasteiger charge is -2.56. The van der Waals surface area contributed by atoms with E-state index in [-0.39, 0.29) is 37.0 Å². The summed E-state index contributed by atoms with van der Waals surface area (Å²) >= 11 is 0. The van der Waals surface area contributed by atoms with Gasteiger partial charge in [-0.15, -0.1) is 12.4 Å². The Balaban J connectivity index is 0.00000210. The molecule has 0 aliphatic heterocycles. The van der Waals surface area contributed by atoms with Gasteiger partial charge in [-0.2, -0.15) is 0 Å². The van der Waals surface area contributed by atoms with Crippen LogP contribution in [0.25, 0.3) is 0 Å². The average molecular weight is 395 g/mol. The van der Waals surface area contributed by atoms with Gasteiger partial charge in [0.05, 0.1) is 0 Å². The molecule has 1 aromatic carbocycles. The molecule has 4 aliphatic rings. The molecular formula is C21H28ClFN2O2. The Labute approximate surface area is 166 Å². The first kappa shape index (κ1) is 20.2. The van der Waals surface area contributed by atoms with Crippen molar-refractivity contribution in [1.29, 1.82) is 0 Å². The van der Waals surface area contributed by atoms with Crippen LogP contribution in [0, 0.1) is 17.8 Å². The van der Waals surface area contributed by atoms with Gasteiger partial charge >= 0.3 is 0 Å². The average Bonchev–Trinajstić information content (AvgIpc) is 2.59. The fraction of sp³-hybridized carbons (Fsp3) is 0.571. The number of carbonyl (C=O) groups excluding carboxylic acids is 1. The van der Waals surface area contributed by atoms with Crippen molar-refractivity contribution in [3.8, 4) is 5.75 Å². The molecule has 0 spiro atoms. The summed E-state index contributed by atoms with van der Waals surface area (Å²) in [6, 6.07) is 6.92. The van der Waals surface area contributed by atoms with Gasteiger partial charge in [-0.25, -0.2) is 4.39 Å². The van der Waals surface area contributed by atoms with Crippen LogP contribution in [0.1, 0.15) is 48.9 Å². The normalized spacial score (nSPS) is 31.3. The van der Waals surface area contributed by atoms with Crippen molar-refractivity contribution in [3.63, 3.8) is 0 Å². The van der Waals surface area contributed by atoms with Gasteiger partial charge in [0.15, 0.2) is 0 Å². The molecule has 0 radical (unpaired) electrons. The number of carbonyl (C=O) groups is 1. The predicted molar refractivity (Wildman–Crippen MR) is 106 cm³/mol. The second-order valence-corrected chi connectivity index (χ2v) is 8.35. The molecular weight excluding hydrogens is 367 g/mol. The molecule has 0 saturated heterocycles. The van der Waals surface area contributed by atoms with E-state index in [1.807, 2.05) is 0 Å². The van der Waals surface area contributed by atoms with Crippen LogP contribution in [0.5, 0.6) is 5.75 Å². The Bertz CT molecular complexity index is 669. The summed E-state index contributed by atoms with van der Waals surface area (Å²) in [5, 5.41) is 3.36. The van der Waals surface area contributed by atoms with Crippen LogP contribution in [0.2, 0.25) is 0 Å². The van der Waals surface area contributed by atoms with Crippen LogP contribution in [0.3, 0.4) is 0 Å². The van der Waals surface area contributed by atoms with Gasteiger partial charge in [0.2, 0.25) is 0 Å². The van der Waals surface area contributed by atoms with E-state index in [0.717, 1.165) is 37.0 Å². The van der Waals surface area contributed by atoms with E-state index < -0.39 is 5.83 Å². The maximum atomic E-state index is 13.3. The van der Waals surface area contributed by atoms with Crippen molar-refractivity contribution >= 4 is 18.3 Å². The van der Waals surface area contributed by atoms with Gasteiger partial charge in [0.1, 0.15) is 18.2 Å². The minimum absolute atomic E-state index is 0. The Hall–Kier alpha value is -1.59. The molecule has 0 atom stereocenters. The molecule has 6 heteroatoms. The van der Waals surface area contributed by atoms with Crippen molar-refractivity contribution in [3.05, 3.63) is 41.7 Å². The Morgan fingerprint density at radius 3 is 2.22 bits per heavy atom. The third-order valence-corrected chi connectivity index (χ3v) is 6.25. The highest BCUT2D eigenvalue weighted by Gasteiger charge is 2.51. The minimum Gasteiger partial charge on any atom is -0.487 e. The van der Waals surface area contributed by atoms with Gasteiger partial charge in [-0.05, 0) is 86.6 Å². The van der Waals surface area contributed by atoms with Gasteiger partial charge in [0.25, 0.3) is 5.91 Å². The first-order chi connectivity index (χ1) is 12.5. The lowest BCUT2D eigenvalue weighted by atomic mass is 9.53. The molecule has 3 N–H and O–H groups in total. The number of nitrogens with two attached hydrogens (primary N) is 1. The van der Waals surface area contributed by atoms with Crippen LogP contribution in [-0.4, -0.2) is 24.6 Å². The summed E-state index contributed by atoms with van der Waals surface area (Å²) < 4.78 is 18.7. The highest BCUT2D eigenvalue weighted by molar-refractivity contribution is 5.94. The second-order valence-electron chi connectivity index (χ2n) is 8.35. The maximum absolute atomic E-state index is 13.3. The van der Waals surface area contributed by atoms with E-state index in [1.165, 1.54) is 25.3 Å². The number of benzene rings is 1. The molecule has 4 bridgehead atoms. The van der Waals surface area contributed by atoms with Crippen molar-refractivity contribution in [2.75, 3.05) is 13.2 Å². The highest BCUT2D eigenvalue weighted by atomic mass is 35.5. The van der Waals surface area contributed by atoms with Crippen LogP contribution < -0.4 is 15.8 Å². The lowest BCUT2D eigenvalue weighted by Crippen LogP contribution is -2.59. The molecule has 148 valence electrons. The molecule has 1 aromatic rings. The molecule has 1 amide bonds. The topological polar surface area (TPSA) is 64.3 Å². The lowest BCUT2D eigenvalue weighted by molar-refractivity contribution is -0.0167.